The van der Waals surface area contributed by atoms with Gasteiger partial charge in [0.05, 0.1) is 0 Å². The van der Waals surface area contributed by atoms with E-state index in [4.69, 9.17) is 4.74 Å². The Balaban J connectivity index is 2.22. The molecule has 0 aromatic rings. The summed E-state index contributed by atoms with van der Waals surface area (Å²) in [6.07, 6.45) is 3.48. The van der Waals surface area contributed by atoms with Crippen LogP contribution in [0.5, 0.6) is 0 Å². The van der Waals surface area contributed by atoms with Crippen LogP contribution in [0.15, 0.2) is 11.3 Å². The second kappa shape index (κ2) is 3.26. The third-order valence-corrected chi connectivity index (χ3v) is 4.30. The summed E-state index contributed by atoms with van der Waals surface area (Å²) < 4.78 is 6.77. The molecule has 2 rings (SSSR count). The number of Topliss-reactive ketones (excluding diaryl/α,β-unsaturated/α-hetero) is 1. The summed E-state index contributed by atoms with van der Waals surface area (Å²) in [5.74, 6) is 1.30. The maximum atomic E-state index is 11.5. The largest absolute Gasteiger partial charge is 0.490 e. The molecule has 0 aromatic heterocycles. The maximum absolute atomic E-state index is 11.5. The zero-order valence-corrected chi connectivity index (χ0v) is 9.89. The first-order chi connectivity index (χ1) is 6.14. The molecule has 1 atom stereocenters. The van der Waals surface area contributed by atoms with Crippen LogP contribution in [0, 0.1) is 0 Å². The van der Waals surface area contributed by atoms with E-state index in [0.717, 1.165) is 41.4 Å². The Kier molecular flexibility index (Phi) is 2.38. The van der Waals surface area contributed by atoms with Gasteiger partial charge >= 0.3 is 0 Å². The molecule has 0 bridgehead atoms. The van der Waals surface area contributed by atoms with Gasteiger partial charge < -0.3 is 4.74 Å². The van der Waals surface area contributed by atoms with Crippen molar-refractivity contribution in [1.29, 1.82) is 0 Å². The third kappa shape index (κ3) is 1.63. The summed E-state index contributed by atoms with van der Waals surface area (Å²) >= 11 is 2.32. The number of halogens is 1. The average molecular weight is 292 g/mol. The number of carbonyl (C=O) groups excluding carboxylic acids is 1. The Bertz CT molecular complexity index is 283. The van der Waals surface area contributed by atoms with Crippen LogP contribution in [-0.4, -0.2) is 15.8 Å². The topological polar surface area (TPSA) is 26.3 Å². The van der Waals surface area contributed by atoms with Gasteiger partial charge in [0.1, 0.15) is 11.4 Å². The summed E-state index contributed by atoms with van der Waals surface area (Å²) in [7, 11) is 0. The lowest BCUT2D eigenvalue weighted by atomic mass is 9.92. The number of ether oxygens (including phenoxy) is 1. The first-order valence-electron chi connectivity index (χ1n) is 4.65. The molecule has 13 heavy (non-hydrogen) atoms. The number of carbonyl (C=O) groups is 1. The van der Waals surface area contributed by atoms with Crippen LogP contribution in [0.25, 0.3) is 0 Å². The number of ketones is 1. The molecule has 1 unspecified atom stereocenters. The van der Waals surface area contributed by atoms with Gasteiger partial charge in [-0.3, -0.25) is 4.79 Å². The molecule has 0 saturated heterocycles. The standard InChI is InChI=1S/C10H13IO2/c1-10(6-11)5-7-8(12)3-2-4-9(7)13-10/h2-6H2,1H3. The highest BCUT2D eigenvalue weighted by Gasteiger charge is 2.39. The van der Waals surface area contributed by atoms with Gasteiger partial charge in [0, 0.05) is 29.3 Å². The lowest BCUT2D eigenvalue weighted by molar-refractivity contribution is -0.116. The predicted octanol–water partition coefficient (Wildman–Crippen LogP) is 2.61. The van der Waals surface area contributed by atoms with E-state index in [0.29, 0.717) is 5.78 Å². The minimum Gasteiger partial charge on any atom is -0.490 e. The van der Waals surface area contributed by atoms with Crippen LogP contribution in [0.4, 0.5) is 0 Å². The molecular formula is C10H13IO2. The molecule has 0 aromatic carbocycles. The molecule has 0 saturated carbocycles. The molecule has 0 spiro atoms. The van der Waals surface area contributed by atoms with E-state index >= 15 is 0 Å². The van der Waals surface area contributed by atoms with E-state index in [-0.39, 0.29) is 5.60 Å². The fraction of sp³-hybridized carbons (Fsp3) is 0.700. The lowest BCUT2D eigenvalue weighted by Crippen LogP contribution is -2.25. The maximum Gasteiger partial charge on any atom is 0.162 e. The first-order valence-corrected chi connectivity index (χ1v) is 6.17. The summed E-state index contributed by atoms with van der Waals surface area (Å²) in [5, 5.41) is 0. The molecule has 0 fully saturated rings. The highest BCUT2D eigenvalue weighted by Crippen LogP contribution is 2.40. The molecule has 1 heterocycles. The van der Waals surface area contributed by atoms with E-state index in [1.54, 1.807) is 0 Å². The van der Waals surface area contributed by atoms with Crippen LogP contribution in [0.2, 0.25) is 0 Å². The molecule has 0 amide bonds. The predicted molar refractivity (Wildman–Crippen MR) is 58.9 cm³/mol. The highest BCUT2D eigenvalue weighted by atomic mass is 127. The van der Waals surface area contributed by atoms with Gasteiger partial charge in [-0.05, 0) is 13.3 Å². The molecule has 72 valence electrons. The Morgan fingerprint density at radius 2 is 2.31 bits per heavy atom. The Morgan fingerprint density at radius 3 is 2.92 bits per heavy atom. The van der Waals surface area contributed by atoms with E-state index in [2.05, 4.69) is 29.5 Å². The van der Waals surface area contributed by atoms with Gasteiger partial charge in [-0.1, -0.05) is 22.6 Å². The molecular weight excluding hydrogens is 279 g/mol. The quantitative estimate of drug-likeness (QED) is 0.548. The van der Waals surface area contributed by atoms with Gasteiger partial charge in [-0.25, -0.2) is 0 Å². The monoisotopic (exact) mass is 292 g/mol. The molecule has 0 radical (unpaired) electrons. The average Bonchev–Trinajstić information content (AvgIpc) is 2.45. The van der Waals surface area contributed by atoms with Crippen molar-refractivity contribution in [1.82, 2.24) is 0 Å². The van der Waals surface area contributed by atoms with Gasteiger partial charge in [-0.15, -0.1) is 0 Å². The van der Waals surface area contributed by atoms with Crippen molar-refractivity contribution in [2.75, 3.05) is 4.43 Å². The van der Waals surface area contributed by atoms with E-state index in [9.17, 15) is 4.79 Å². The minimum absolute atomic E-state index is 0.106. The Hall–Kier alpha value is -0.0600. The van der Waals surface area contributed by atoms with Crippen molar-refractivity contribution in [3.05, 3.63) is 11.3 Å². The van der Waals surface area contributed by atoms with Crippen LogP contribution < -0.4 is 0 Å². The van der Waals surface area contributed by atoms with Crippen molar-refractivity contribution in [3.8, 4) is 0 Å². The summed E-state index contributed by atoms with van der Waals surface area (Å²) in [6.45, 7) is 2.09. The second-order valence-corrected chi connectivity index (χ2v) is 4.80. The molecule has 2 aliphatic rings. The zero-order valence-electron chi connectivity index (χ0n) is 7.73. The van der Waals surface area contributed by atoms with Gasteiger partial charge in [-0.2, -0.15) is 0 Å². The SMILES string of the molecule is CC1(CI)CC2=C(CCCC2=O)O1. The summed E-state index contributed by atoms with van der Waals surface area (Å²) in [4.78, 5) is 11.5. The van der Waals surface area contributed by atoms with Crippen LogP contribution in [-0.2, 0) is 9.53 Å². The van der Waals surface area contributed by atoms with E-state index < -0.39 is 0 Å². The second-order valence-electron chi connectivity index (χ2n) is 4.04. The van der Waals surface area contributed by atoms with Crippen molar-refractivity contribution in [2.45, 2.75) is 38.2 Å². The number of hydrogen-bond donors (Lipinski definition) is 0. The molecule has 1 aliphatic heterocycles. The molecule has 2 nitrogen and oxygen atoms in total. The number of rotatable bonds is 1. The number of hydrogen-bond acceptors (Lipinski definition) is 2. The van der Waals surface area contributed by atoms with Gasteiger partial charge in [0.2, 0.25) is 0 Å². The molecule has 3 heteroatoms. The van der Waals surface area contributed by atoms with Crippen molar-refractivity contribution in [2.24, 2.45) is 0 Å². The van der Waals surface area contributed by atoms with Crippen molar-refractivity contribution in [3.63, 3.8) is 0 Å². The van der Waals surface area contributed by atoms with Crippen molar-refractivity contribution < 1.29 is 9.53 Å². The fourth-order valence-corrected chi connectivity index (χ4v) is 2.38. The van der Waals surface area contributed by atoms with Crippen LogP contribution in [0.3, 0.4) is 0 Å². The summed E-state index contributed by atoms with van der Waals surface area (Å²) in [6, 6.07) is 0. The highest BCUT2D eigenvalue weighted by molar-refractivity contribution is 14.1. The minimum atomic E-state index is -0.106. The van der Waals surface area contributed by atoms with Gasteiger partial charge in [0.15, 0.2) is 5.78 Å². The first kappa shape index (κ1) is 9.49. The normalized spacial score (nSPS) is 33.2. The van der Waals surface area contributed by atoms with Crippen LogP contribution in [0.1, 0.15) is 32.6 Å². The van der Waals surface area contributed by atoms with Crippen molar-refractivity contribution >= 4 is 28.4 Å². The smallest absolute Gasteiger partial charge is 0.162 e. The zero-order chi connectivity index (χ0) is 9.47. The van der Waals surface area contributed by atoms with E-state index in [1.165, 1.54) is 0 Å². The van der Waals surface area contributed by atoms with Crippen LogP contribution >= 0.6 is 22.6 Å². The van der Waals surface area contributed by atoms with Gasteiger partial charge in [0.25, 0.3) is 0 Å². The fourth-order valence-electron chi connectivity index (χ4n) is 1.96. The summed E-state index contributed by atoms with van der Waals surface area (Å²) in [5.41, 5.74) is 0.871. The van der Waals surface area contributed by atoms with E-state index in [1.807, 2.05) is 0 Å². The molecule has 1 aliphatic carbocycles. The molecule has 0 N–H and O–H groups in total. The third-order valence-electron chi connectivity index (χ3n) is 2.68. The Morgan fingerprint density at radius 1 is 1.54 bits per heavy atom. The lowest BCUT2D eigenvalue weighted by Gasteiger charge is -2.22. The number of allylic oxidation sites excluding steroid dienone is 1. The Labute approximate surface area is 91.9 Å². The number of alkyl halides is 1.